The van der Waals surface area contributed by atoms with Crippen molar-refractivity contribution < 1.29 is 9.47 Å². The van der Waals surface area contributed by atoms with Gasteiger partial charge < -0.3 is 9.47 Å². The number of nitrogens with zero attached hydrogens (tertiary/aromatic N) is 2. The van der Waals surface area contributed by atoms with E-state index in [1.54, 1.807) is 7.11 Å². The van der Waals surface area contributed by atoms with Gasteiger partial charge in [0.25, 0.3) is 0 Å². The van der Waals surface area contributed by atoms with E-state index in [9.17, 15) is 0 Å². The summed E-state index contributed by atoms with van der Waals surface area (Å²) in [4.78, 5) is 0. The molecule has 0 spiro atoms. The molecule has 0 bridgehead atoms. The van der Waals surface area contributed by atoms with E-state index >= 15 is 0 Å². The van der Waals surface area contributed by atoms with Crippen LogP contribution in [0.2, 0.25) is 0 Å². The van der Waals surface area contributed by atoms with Crippen LogP contribution in [0.1, 0.15) is 35.4 Å². The molecular weight excluding hydrogens is 408 g/mol. The smallest absolute Gasteiger partial charge is 0.217 e. The summed E-state index contributed by atoms with van der Waals surface area (Å²) in [6.07, 6.45) is 0.485. The van der Waals surface area contributed by atoms with E-state index < -0.39 is 0 Å². The lowest BCUT2D eigenvalue weighted by molar-refractivity contribution is -0.0203. The first-order valence-corrected chi connectivity index (χ1v) is 11.2. The Morgan fingerprint density at radius 3 is 2.15 bits per heavy atom. The minimum absolute atomic E-state index is 0.119. The molecule has 4 nitrogen and oxygen atoms in total. The Morgan fingerprint density at radius 2 is 1.36 bits per heavy atom. The topological polar surface area (TPSA) is 34.1 Å². The van der Waals surface area contributed by atoms with E-state index in [1.807, 2.05) is 36.4 Å². The molecule has 4 aromatic carbocycles. The van der Waals surface area contributed by atoms with E-state index in [0.717, 1.165) is 34.8 Å². The Morgan fingerprint density at radius 1 is 0.727 bits per heavy atom. The van der Waals surface area contributed by atoms with Crippen molar-refractivity contribution in [2.24, 2.45) is 5.10 Å². The lowest BCUT2D eigenvalue weighted by Crippen LogP contribution is -2.33. The summed E-state index contributed by atoms with van der Waals surface area (Å²) >= 11 is 0. The van der Waals surface area contributed by atoms with Crippen molar-refractivity contribution in [2.75, 3.05) is 7.11 Å². The molecule has 0 saturated heterocycles. The molecule has 4 heteroatoms. The predicted octanol–water partition coefficient (Wildman–Crippen LogP) is 6.60. The number of fused-ring (bicyclic) bond motifs is 3. The summed E-state index contributed by atoms with van der Waals surface area (Å²) in [6, 6.07) is 35.5. The van der Waals surface area contributed by atoms with Crippen LogP contribution in [0, 0.1) is 0 Å². The van der Waals surface area contributed by atoms with Crippen molar-refractivity contribution in [1.82, 2.24) is 5.01 Å². The molecule has 0 aliphatic carbocycles. The van der Waals surface area contributed by atoms with E-state index in [4.69, 9.17) is 14.6 Å². The summed E-state index contributed by atoms with van der Waals surface area (Å²) in [5.74, 6) is 1.71. The van der Waals surface area contributed by atoms with E-state index in [1.165, 1.54) is 16.7 Å². The first kappa shape index (κ1) is 19.6. The molecular formula is C29H24N2O2. The molecule has 4 aromatic rings. The maximum Gasteiger partial charge on any atom is 0.217 e. The van der Waals surface area contributed by atoms with Gasteiger partial charge in [0, 0.05) is 12.0 Å². The standard InChI is InChI=1S/C29H24N2O2/c1-32-27-13-7-6-12-24(27)29-31-26(23-11-5-8-14-28(23)33-29)19-25(30-31)22-17-15-21(16-18-22)20-9-3-2-4-10-20/h2-18,26,29H,19H2,1H3/t26-,29+/m0/s1. The van der Waals surface area contributed by atoms with Gasteiger partial charge in [0.2, 0.25) is 6.23 Å². The zero-order valence-corrected chi connectivity index (χ0v) is 18.4. The third kappa shape index (κ3) is 3.44. The number of hydrazone groups is 1. The van der Waals surface area contributed by atoms with E-state index in [0.29, 0.717) is 0 Å². The third-order valence-corrected chi connectivity index (χ3v) is 6.43. The van der Waals surface area contributed by atoms with Crippen molar-refractivity contribution in [3.63, 3.8) is 0 Å². The second-order valence-electron chi connectivity index (χ2n) is 8.34. The monoisotopic (exact) mass is 432 g/mol. The number of rotatable bonds is 4. The van der Waals surface area contributed by atoms with Gasteiger partial charge in [-0.25, -0.2) is 5.01 Å². The van der Waals surface area contributed by atoms with Gasteiger partial charge in [-0.05, 0) is 34.9 Å². The summed E-state index contributed by atoms with van der Waals surface area (Å²) in [5.41, 5.74) is 6.78. The van der Waals surface area contributed by atoms with Crippen LogP contribution in [0.3, 0.4) is 0 Å². The zero-order valence-electron chi connectivity index (χ0n) is 18.4. The minimum Gasteiger partial charge on any atom is -0.496 e. The molecule has 2 aliphatic heterocycles. The molecule has 162 valence electrons. The molecule has 0 amide bonds. The molecule has 2 aliphatic rings. The van der Waals surface area contributed by atoms with Gasteiger partial charge in [-0.1, -0.05) is 84.9 Å². The average Bonchev–Trinajstić information content (AvgIpc) is 3.35. The van der Waals surface area contributed by atoms with Crippen LogP contribution in [0.4, 0.5) is 0 Å². The van der Waals surface area contributed by atoms with Crippen LogP contribution in [0.15, 0.2) is 108 Å². The summed E-state index contributed by atoms with van der Waals surface area (Å²) in [7, 11) is 1.69. The van der Waals surface area contributed by atoms with Crippen LogP contribution >= 0.6 is 0 Å². The average molecular weight is 433 g/mol. The summed E-state index contributed by atoms with van der Waals surface area (Å²) in [5, 5.41) is 7.18. The fourth-order valence-electron chi connectivity index (χ4n) is 4.77. The number of ether oxygens (including phenoxy) is 2. The van der Waals surface area contributed by atoms with Gasteiger partial charge in [-0.15, -0.1) is 0 Å². The van der Waals surface area contributed by atoms with Gasteiger partial charge in [-0.2, -0.15) is 5.10 Å². The van der Waals surface area contributed by atoms with Crippen LogP contribution in [0.25, 0.3) is 11.1 Å². The fourth-order valence-corrected chi connectivity index (χ4v) is 4.77. The number of para-hydroxylation sites is 2. The summed E-state index contributed by atoms with van der Waals surface area (Å²) < 4.78 is 12.1. The van der Waals surface area contributed by atoms with E-state index in [-0.39, 0.29) is 12.3 Å². The highest BCUT2D eigenvalue weighted by Gasteiger charge is 2.41. The third-order valence-electron chi connectivity index (χ3n) is 6.43. The highest BCUT2D eigenvalue weighted by Crippen LogP contribution is 2.48. The fraction of sp³-hybridized carbons (Fsp3) is 0.138. The van der Waals surface area contributed by atoms with Gasteiger partial charge >= 0.3 is 0 Å². The Kier molecular flexibility index (Phi) is 4.84. The molecule has 33 heavy (non-hydrogen) atoms. The van der Waals surface area contributed by atoms with Crippen molar-refractivity contribution in [2.45, 2.75) is 18.7 Å². The Balaban J connectivity index is 1.38. The normalized spacial score (nSPS) is 18.7. The van der Waals surface area contributed by atoms with Crippen molar-refractivity contribution in [3.8, 4) is 22.6 Å². The van der Waals surface area contributed by atoms with Gasteiger partial charge in [-0.3, -0.25) is 0 Å². The molecule has 2 atom stereocenters. The maximum atomic E-state index is 6.47. The van der Waals surface area contributed by atoms with Crippen LogP contribution in [0.5, 0.6) is 11.5 Å². The van der Waals surface area contributed by atoms with Gasteiger partial charge in [0.15, 0.2) is 0 Å². The SMILES string of the molecule is COc1ccccc1[C@H]1Oc2ccccc2[C@@H]2CC(c3ccc(-c4ccccc4)cc3)=NN12. The Labute approximate surface area is 193 Å². The predicted molar refractivity (Wildman–Crippen MR) is 130 cm³/mol. The summed E-state index contributed by atoms with van der Waals surface area (Å²) in [6.45, 7) is 0. The zero-order chi connectivity index (χ0) is 22.2. The highest BCUT2D eigenvalue weighted by molar-refractivity contribution is 6.02. The lowest BCUT2D eigenvalue weighted by Gasteiger charge is -2.38. The van der Waals surface area contributed by atoms with Gasteiger partial charge in [0.1, 0.15) is 11.5 Å². The van der Waals surface area contributed by atoms with Crippen molar-refractivity contribution in [1.29, 1.82) is 0 Å². The van der Waals surface area contributed by atoms with E-state index in [2.05, 4.69) is 71.7 Å². The number of hydrogen-bond donors (Lipinski definition) is 0. The quantitative estimate of drug-likeness (QED) is 0.364. The Bertz CT molecular complexity index is 1320. The van der Waals surface area contributed by atoms with Crippen LogP contribution in [-0.2, 0) is 0 Å². The Hall–Kier alpha value is -4.05. The molecule has 0 radical (unpaired) electrons. The molecule has 0 N–H and O–H groups in total. The van der Waals surface area contributed by atoms with Crippen molar-refractivity contribution in [3.05, 3.63) is 120 Å². The largest absolute Gasteiger partial charge is 0.496 e. The second kappa shape index (κ2) is 8.14. The van der Waals surface area contributed by atoms with Crippen molar-refractivity contribution >= 4 is 5.71 Å². The lowest BCUT2D eigenvalue weighted by atomic mass is 9.95. The first-order valence-electron chi connectivity index (χ1n) is 11.2. The minimum atomic E-state index is -0.345. The van der Waals surface area contributed by atoms with Gasteiger partial charge in [0.05, 0.1) is 24.4 Å². The first-order chi connectivity index (χ1) is 16.3. The number of hydrogen-bond acceptors (Lipinski definition) is 4. The maximum absolute atomic E-state index is 6.47. The highest BCUT2D eigenvalue weighted by atomic mass is 16.5. The van der Waals surface area contributed by atoms with Crippen LogP contribution < -0.4 is 9.47 Å². The molecule has 0 aromatic heterocycles. The molecule has 0 saturated carbocycles. The molecule has 0 fully saturated rings. The number of benzene rings is 4. The second-order valence-corrected chi connectivity index (χ2v) is 8.34. The molecule has 2 heterocycles. The number of methoxy groups -OCH3 is 1. The molecule has 6 rings (SSSR count). The van der Waals surface area contributed by atoms with Crippen LogP contribution in [-0.4, -0.2) is 17.8 Å². The molecule has 0 unspecified atom stereocenters.